The highest BCUT2D eigenvalue weighted by Crippen LogP contribution is 2.35. The molecule has 0 unspecified atom stereocenters. The number of carbonyl (C=O) groups is 1. The largest absolute Gasteiger partial charge is 0.454 e. The maximum Gasteiger partial charge on any atom is 0.253 e. The lowest BCUT2D eigenvalue weighted by molar-refractivity contribution is 0.0951. The van der Waals surface area contributed by atoms with Crippen LogP contribution in [-0.2, 0) is 6.54 Å². The van der Waals surface area contributed by atoms with Crippen molar-refractivity contribution in [1.29, 1.82) is 0 Å². The van der Waals surface area contributed by atoms with Gasteiger partial charge in [0, 0.05) is 22.8 Å². The molecule has 2 aromatic carbocycles. The van der Waals surface area contributed by atoms with Gasteiger partial charge in [-0.3, -0.25) is 4.79 Å². The van der Waals surface area contributed by atoms with Crippen molar-refractivity contribution < 1.29 is 14.3 Å². The molecular weight excluding hydrogens is 336 g/mol. The number of amides is 1. The van der Waals surface area contributed by atoms with Gasteiger partial charge >= 0.3 is 0 Å². The number of nitrogens with two attached hydrogens (primary N) is 1. The van der Waals surface area contributed by atoms with Crippen molar-refractivity contribution in [2.24, 2.45) is 0 Å². The molecule has 2 aromatic rings. The highest BCUT2D eigenvalue weighted by atomic mass is 79.9. The van der Waals surface area contributed by atoms with Crippen LogP contribution in [0.5, 0.6) is 11.5 Å². The highest BCUT2D eigenvalue weighted by molar-refractivity contribution is 9.10. The number of anilines is 1. The molecule has 0 saturated carbocycles. The normalized spacial score (nSPS) is 12.2. The van der Waals surface area contributed by atoms with Crippen molar-refractivity contribution in [3.8, 4) is 11.5 Å². The lowest BCUT2D eigenvalue weighted by Crippen LogP contribution is -2.23. The van der Waals surface area contributed by atoms with Gasteiger partial charge in [0.05, 0.1) is 5.56 Å². The van der Waals surface area contributed by atoms with Crippen LogP contribution >= 0.6 is 15.9 Å². The standard InChI is InChI=1S/C15H13BrN2O3/c16-10-3-1-9(2-4-10)7-18-15(19)11-5-13-14(6-12(11)17)21-8-20-13/h1-6H,7-8,17H2,(H,18,19). The zero-order valence-corrected chi connectivity index (χ0v) is 12.6. The summed E-state index contributed by atoms with van der Waals surface area (Å²) in [6.45, 7) is 0.582. The molecule has 0 spiro atoms. The van der Waals surface area contributed by atoms with Gasteiger partial charge < -0.3 is 20.5 Å². The summed E-state index contributed by atoms with van der Waals surface area (Å²) in [5.41, 5.74) is 7.64. The molecule has 0 fully saturated rings. The Hall–Kier alpha value is -2.21. The molecule has 1 aliphatic rings. The Labute approximate surface area is 130 Å². The van der Waals surface area contributed by atoms with E-state index in [9.17, 15) is 4.79 Å². The Morgan fingerprint density at radius 3 is 2.57 bits per heavy atom. The lowest BCUT2D eigenvalue weighted by Gasteiger charge is -2.09. The van der Waals surface area contributed by atoms with Gasteiger partial charge in [-0.05, 0) is 23.8 Å². The Balaban J connectivity index is 1.72. The third-order valence-corrected chi connectivity index (χ3v) is 3.68. The molecular formula is C15H13BrN2O3. The average Bonchev–Trinajstić information content (AvgIpc) is 2.92. The predicted molar refractivity (Wildman–Crippen MR) is 82.3 cm³/mol. The summed E-state index contributed by atoms with van der Waals surface area (Å²) in [6, 6.07) is 10.9. The first-order valence-electron chi connectivity index (χ1n) is 6.35. The van der Waals surface area contributed by atoms with Gasteiger partial charge in [-0.2, -0.15) is 0 Å². The Morgan fingerprint density at radius 1 is 1.19 bits per heavy atom. The maximum atomic E-state index is 12.2. The van der Waals surface area contributed by atoms with Crippen molar-refractivity contribution in [2.75, 3.05) is 12.5 Å². The number of hydrogen-bond acceptors (Lipinski definition) is 4. The minimum Gasteiger partial charge on any atom is -0.454 e. The second-order valence-electron chi connectivity index (χ2n) is 4.60. The molecule has 0 atom stereocenters. The number of ether oxygens (including phenoxy) is 2. The van der Waals surface area contributed by atoms with Crippen LogP contribution in [-0.4, -0.2) is 12.7 Å². The van der Waals surface area contributed by atoms with E-state index in [1.807, 2.05) is 24.3 Å². The second kappa shape index (κ2) is 5.65. The average molecular weight is 349 g/mol. The van der Waals surface area contributed by atoms with Crippen molar-refractivity contribution in [3.63, 3.8) is 0 Å². The quantitative estimate of drug-likeness (QED) is 0.836. The number of benzene rings is 2. The molecule has 108 valence electrons. The molecule has 5 nitrogen and oxygen atoms in total. The van der Waals surface area contributed by atoms with E-state index in [4.69, 9.17) is 15.2 Å². The topological polar surface area (TPSA) is 73.6 Å². The number of fused-ring (bicyclic) bond motifs is 1. The Bertz CT molecular complexity index is 686. The molecule has 0 saturated heterocycles. The van der Waals surface area contributed by atoms with E-state index in [-0.39, 0.29) is 12.7 Å². The van der Waals surface area contributed by atoms with Crippen LogP contribution in [0.1, 0.15) is 15.9 Å². The summed E-state index contributed by atoms with van der Waals surface area (Å²) in [5.74, 6) is 0.865. The first-order chi connectivity index (χ1) is 10.1. The fourth-order valence-electron chi connectivity index (χ4n) is 2.03. The minimum atomic E-state index is -0.242. The van der Waals surface area contributed by atoms with Crippen molar-refractivity contribution in [1.82, 2.24) is 5.32 Å². The highest BCUT2D eigenvalue weighted by Gasteiger charge is 2.19. The summed E-state index contributed by atoms with van der Waals surface area (Å²) in [4.78, 5) is 12.2. The first-order valence-corrected chi connectivity index (χ1v) is 7.14. The van der Waals surface area contributed by atoms with Crippen LogP contribution in [0.25, 0.3) is 0 Å². The smallest absolute Gasteiger partial charge is 0.253 e. The molecule has 1 heterocycles. The molecule has 0 aromatic heterocycles. The van der Waals surface area contributed by atoms with Gasteiger partial charge in [0.25, 0.3) is 5.91 Å². The van der Waals surface area contributed by atoms with Gasteiger partial charge in [-0.25, -0.2) is 0 Å². The summed E-state index contributed by atoms with van der Waals surface area (Å²) in [6.07, 6.45) is 0. The second-order valence-corrected chi connectivity index (χ2v) is 5.52. The lowest BCUT2D eigenvalue weighted by atomic mass is 10.1. The van der Waals surface area contributed by atoms with Gasteiger partial charge in [-0.1, -0.05) is 28.1 Å². The third kappa shape index (κ3) is 2.95. The summed E-state index contributed by atoms with van der Waals surface area (Å²) in [5, 5.41) is 2.84. The van der Waals surface area contributed by atoms with Crippen LogP contribution in [0.15, 0.2) is 40.9 Å². The van der Waals surface area contributed by atoms with E-state index >= 15 is 0 Å². The van der Waals surface area contributed by atoms with E-state index < -0.39 is 0 Å². The first kappa shape index (κ1) is 13.8. The van der Waals surface area contributed by atoms with Crippen LogP contribution in [0.4, 0.5) is 5.69 Å². The van der Waals surface area contributed by atoms with Gasteiger partial charge in [0.15, 0.2) is 11.5 Å². The molecule has 3 rings (SSSR count). The molecule has 3 N–H and O–H groups in total. The van der Waals surface area contributed by atoms with Gasteiger partial charge in [-0.15, -0.1) is 0 Å². The van der Waals surface area contributed by atoms with Crippen LogP contribution < -0.4 is 20.5 Å². The maximum absolute atomic E-state index is 12.2. The molecule has 1 amide bonds. The number of nitrogens with one attached hydrogen (secondary N) is 1. The molecule has 1 aliphatic heterocycles. The van der Waals surface area contributed by atoms with Crippen LogP contribution in [0.2, 0.25) is 0 Å². The fourth-order valence-corrected chi connectivity index (χ4v) is 2.30. The zero-order valence-electron chi connectivity index (χ0n) is 11.1. The molecule has 21 heavy (non-hydrogen) atoms. The van der Waals surface area contributed by atoms with Crippen molar-refractivity contribution in [3.05, 3.63) is 52.0 Å². The number of hydrogen-bond donors (Lipinski definition) is 2. The fraction of sp³-hybridized carbons (Fsp3) is 0.133. The summed E-state index contributed by atoms with van der Waals surface area (Å²) in [7, 11) is 0. The molecule has 0 radical (unpaired) electrons. The Morgan fingerprint density at radius 2 is 1.86 bits per heavy atom. The SMILES string of the molecule is Nc1cc2c(cc1C(=O)NCc1ccc(Br)cc1)OCO2. The van der Waals surface area contributed by atoms with Crippen LogP contribution in [0, 0.1) is 0 Å². The monoisotopic (exact) mass is 348 g/mol. The molecule has 0 aliphatic carbocycles. The van der Waals surface area contributed by atoms with Gasteiger partial charge in [0.1, 0.15) is 0 Å². The Kier molecular flexibility index (Phi) is 3.70. The number of rotatable bonds is 3. The van der Waals surface area contributed by atoms with Crippen molar-refractivity contribution >= 4 is 27.5 Å². The van der Waals surface area contributed by atoms with Gasteiger partial charge in [0.2, 0.25) is 6.79 Å². The number of halogens is 1. The number of carbonyl (C=O) groups excluding carboxylic acids is 1. The predicted octanol–water partition coefficient (Wildman–Crippen LogP) is 2.69. The summed E-state index contributed by atoms with van der Waals surface area (Å²) >= 11 is 3.37. The van der Waals surface area contributed by atoms with E-state index in [1.54, 1.807) is 12.1 Å². The number of nitrogen functional groups attached to an aromatic ring is 1. The minimum absolute atomic E-state index is 0.152. The van der Waals surface area contributed by atoms with E-state index in [2.05, 4.69) is 21.2 Å². The van der Waals surface area contributed by atoms with Crippen LogP contribution in [0.3, 0.4) is 0 Å². The molecule has 0 bridgehead atoms. The zero-order chi connectivity index (χ0) is 14.8. The van der Waals surface area contributed by atoms with E-state index in [1.165, 1.54) is 0 Å². The summed E-state index contributed by atoms with van der Waals surface area (Å²) < 4.78 is 11.5. The third-order valence-electron chi connectivity index (χ3n) is 3.16. The van der Waals surface area contributed by atoms with E-state index in [0.717, 1.165) is 10.0 Å². The van der Waals surface area contributed by atoms with E-state index in [0.29, 0.717) is 29.3 Å². The molecule has 6 heteroatoms. The van der Waals surface area contributed by atoms with Crippen molar-refractivity contribution in [2.45, 2.75) is 6.54 Å².